The Hall–Kier alpha value is -3.26. The number of hydroxylamine groups is 1. The van der Waals surface area contributed by atoms with Crippen LogP contribution in [0.25, 0.3) is 0 Å². The summed E-state index contributed by atoms with van der Waals surface area (Å²) in [5.74, 6) is 0.704. The Morgan fingerprint density at radius 3 is 2.70 bits per heavy atom. The average molecular weight is 372 g/mol. The van der Waals surface area contributed by atoms with Gasteiger partial charge in [-0.05, 0) is 54.3 Å². The van der Waals surface area contributed by atoms with Crippen molar-refractivity contribution < 1.29 is 29.0 Å². The summed E-state index contributed by atoms with van der Waals surface area (Å²) >= 11 is 0. The Morgan fingerprint density at radius 1 is 1.22 bits per heavy atom. The lowest BCUT2D eigenvalue weighted by Gasteiger charge is -2.24. The zero-order valence-corrected chi connectivity index (χ0v) is 14.7. The van der Waals surface area contributed by atoms with Crippen LogP contribution >= 0.6 is 0 Å². The number of nitrogens with one attached hydrogen (secondary N) is 2. The second kappa shape index (κ2) is 8.41. The number of rotatable bonds is 5. The molecule has 3 rings (SSSR count). The predicted octanol–water partition coefficient (Wildman–Crippen LogP) is 2.64. The molecule has 1 aliphatic rings. The molecule has 0 spiro atoms. The van der Waals surface area contributed by atoms with Crippen LogP contribution in [0.15, 0.2) is 42.5 Å². The molecule has 1 heterocycles. The minimum Gasteiger partial charge on any atom is -0.497 e. The fraction of sp³-hybridized carbons (Fsp3) is 0.263. The Labute approximate surface area is 156 Å². The van der Waals surface area contributed by atoms with Crippen LogP contribution in [0.3, 0.4) is 0 Å². The van der Waals surface area contributed by atoms with Crippen LogP contribution in [0, 0.1) is 0 Å². The lowest BCUT2D eigenvalue weighted by molar-refractivity contribution is -0.137. The molecule has 0 saturated carbocycles. The van der Waals surface area contributed by atoms with E-state index in [-0.39, 0.29) is 6.61 Å². The molecular formula is C19H20N2O6. The van der Waals surface area contributed by atoms with Crippen LogP contribution in [-0.4, -0.2) is 30.4 Å². The number of aryl methyl sites for hydroxylation is 1. The molecule has 0 bridgehead atoms. The summed E-state index contributed by atoms with van der Waals surface area (Å²) in [6.07, 6.45) is -0.273. The van der Waals surface area contributed by atoms with Crippen LogP contribution in [0.1, 0.15) is 17.5 Å². The van der Waals surface area contributed by atoms with Gasteiger partial charge in [-0.15, -0.1) is 0 Å². The van der Waals surface area contributed by atoms with Crippen molar-refractivity contribution in [2.75, 3.05) is 12.4 Å². The van der Waals surface area contributed by atoms with Crippen molar-refractivity contribution in [3.8, 4) is 11.5 Å². The van der Waals surface area contributed by atoms with Crippen molar-refractivity contribution in [2.24, 2.45) is 0 Å². The van der Waals surface area contributed by atoms with Gasteiger partial charge in [0.25, 0.3) is 5.91 Å². The first-order chi connectivity index (χ1) is 13.1. The van der Waals surface area contributed by atoms with Crippen LogP contribution in [0.5, 0.6) is 11.5 Å². The number of methoxy groups -OCH3 is 1. The molecule has 1 unspecified atom stereocenters. The van der Waals surface area contributed by atoms with Gasteiger partial charge in [0, 0.05) is 5.69 Å². The lowest BCUT2D eigenvalue weighted by atomic mass is 10.0. The van der Waals surface area contributed by atoms with E-state index in [1.807, 2.05) is 12.1 Å². The van der Waals surface area contributed by atoms with Crippen molar-refractivity contribution in [1.29, 1.82) is 0 Å². The molecule has 142 valence electrons. The molecule has 2 aromatic rings. The van der Waals surface area contributed by atoms with E-state index < -0.39 is 18.1 Å². The summed E-state index contributed by atoms with van der Waals surface area (Å²) in [6, 6.07) is 12.3. The molecule has 0 radical (unpaired) electrons. The van der Waals surface area contributed by atoms with E-state index in [4.69, 9.17) is 19.4 Å². The predicted molar refractivity (Wildman–Crippen MR) is 95.9 cm³/mol. The van der Waals surface area contributed by atoms with Crippen molar-refractivity contribution in [3.63, 3.8) is 0 Å². The van der Waals surface area contributed by atoms with E-state index >= 15 is 0 Å². The first-order valence-corrected chi connectivity index (χ1v) is 8.39. The minimum absolute atomic E-state index is 0.141. The van der Waals surface area contributed by atoms with Gasteiger partial charge in [-0.2, -0.15) is 0 Å². The fourth-order valence-electron chi connectivity index (χ4n) is 2.75. The maximum Gasteiger partial charge on any atom is 0.411 e. The molecule has 3 N–H and O–H groups in total. The number of hydrogen-bond acceptors (Lipinski definition) is 6. The molecule has 0 saturated heterocycles. The molecule has 0 aromatic heterocycles. The summed E-state index contributed by atoms with van der Waals surface area (Å²) in [5.41, 5.74) is 3.87. The standard InChI is InChI=1S/C19H20N2O6/c1-25-15-6-2-12(3-7-15)11-26-19(23)20-14-5-9-16-13(10-14)4-8-17(27-16)18(22)21-24/h2-3,5-7,9-10,17,24H,4,8,11H2,1H3,(H,20,23)(H,21,22). The van der Waals surface area contributed by atoms with Crippen molar-refractivity contribution in [3.05, 3.63) is 53.6 Å². The molecule has 2 aromatic carbocycles. The number of hydrogen-bond donors (Lipinski definition) is 3. The second-order valence-corrected chi connectivity index (χ2v) is 5.99. The van der Waals surface area contributed by atoms with Gasteiger partial charge in [-0.25, -0.2) is 10.3 Å². The quantitative estimate of drug-likeness (QED) is 0.550. The number of carbonyl (C=O) groups excluding carboxylic acids is 2. The summed E-state index contributed by atoms with van der Waals surface area (Å²) in [4.78, 5) is 23.4. The van der Waals surface area contributed by atoms with Crippen LogP contribution < -0.4 is 20.3 Å². The molecule has 2 amide bonds. The molecule has 1 atom stereocenters. The lowest BCUT2D eigenvalue weighted by Crippen LogP contribution is -2.38. The van der Waals surface area contributed by atoms with Gasteiger partial charge in [0.15, 0.2) is 6.10 Å². The van der Waals surface area contributed by atoms with Crippen molar-refractivity contribution in [2.45, 2.75) is 25.6 Å². The van der Waals surface area contributed by atoms with Gasteiger partial charge >= 0.3 is 6.09 Å². The summed E-state index contributed by atoms with van der Waals surface area (Å²) in [6.45, 7) is 0.141. The number of anilines is 1. The van der Waals surface area contributed by atoms with E-state index in [9.17, 15) is 9.59 Å². The number of carbonyl (C=O) groups is 2. The zero-order valence-electron chi connectivity index (χ0n) is 14.7. The largest absolute Gasteiger partial charge is 0.497 e. The van der Waals surface area contributed by atoms with Gasteiger partial charge in [-0.1, -0.05) is 12.1 Å². The Balaban J connectivity index is 1.55. The van der Waals surface area contributed by atoms with E-state index in [0.717, 1.165) is 16.9 Å². The van der Waals surface area contributed by atoms with E-state index in [0.29, 0.717) is 24.3 Å². The highest BCUT2D eigenvalue weighted by atomic mass is 16.5. The second-order valence-electron chi connectivity index (χ2n) is 5.99. The van der Waals surface area contributed by atoms with E-state index in [2.05, 4.69) is 5.32 Å². The van der Waals surface area contributed by atoms with E-state index in [1.54, 1.807) is 42.9 Å². The van der Waals surface area contributed by atoms with Gasteiger partial charge in [0.1, 0.15) is 18.1 Å². The van der Waals surface area contributed by atoms with Crippen LogP contribution in [-0.2, 0) is 22.6 Å². The van der Waals surface area contributed by atoms with Crippen LogP contribution in [0.2, 0.25) is 0 Å². The molecule has 1 aliphatic heterocycles. The summed E-state index contributed by atoms with van der Waals surface area (Å²) < 4.78 is 15.8. The number of ether oxygens (including phenoxy) is 3. The molecule has 27 heavy (non-hydrogen) atoms. The fourth-order valence-corrected chi connectivity index (χ4v) is 2.75. The molecule has 0 aliphatic carbocycles. The zero-order chi connectivity index (χ0) is 19.2. The third-order valence-corrected chi connectivity index (χ3v) is 4.18. The topological polar surface area (TPSA) is 106 Å². The monoisotopic (exact) mass is 372 g/mol. The summed E-state index contributed by atoms with van der Waals surface area (Å²) in [7, 11) is 1.59. The van der Waals surface area contributed by atoms with E-state index in [1.165, 1.54) is 0 Å². The Morgan fingerprint density at radius 2 is 2.00 bits per heavy atom. The first-order valence-electron chi connectivity index (χ1n) is 8.39. The smallest absolute Gasteiger partial charge is 0.411 e. The Kier molecular flexibility index (Phi) is 5.77. The first kappa shape index (κ1) is 18.5. The van der Waals surface area contributed by atoms with Gasteiger partial charge < -0.3 is 14.2 Å². The van der Waals surface area contributed by atoms with Crippen molar-refractivity contribution in [1.82, 2.24) is 5.48 Å². The Bertz CT molecular complexity index is 821. The number of fused-ring (bicyclic) bond motifs is 1. The number of benzene rings is 2. The van der Waals surface area contributed by atoms with Gasteiger partial charge in [-0.3, -0.25) is 15.3 Å². The van der Waals surface area contributed by atoms with Crippen LogP contribution in [0.4, 0.5) is 10.5 Å². The normalized spacial score (nSPS) is 15.1. The average Bonchev–Trinajstić information content (AvgIpc) is 2.71. The third kappa shape index (κ3) is 4.68. The third-order valence-electron chi connectivity index (χ3n) is 4.18. The summed E-state index contributed by atoms with van der Waals surface area (Å²) in [5, 5.41) is 11.4. The SMILES string of the molecule is COc1ccc(COC(=O)Nc2ccc3c(c2)CCC(C(=O)NO)O3)cc1. The van der Waals surface area contributed by atoms with Crippen molar-refractivity contribution >= 4 is 17.7 Å². The molecule has 8 heteroatoms. The highest BCUT2D eigenvalue weighted by Crippen LogP contribution is 2.30. The maximum atomic E-state index is 12.0. The van der Waals surface area contributed by atoms with Gasteiger partial charge in [0.2, 0.25) is 0 Å². The number of amides is 2. The van der Waals surface area contributed by atoms with Gasteiger partial charge in [0.05, 0.1) is 7.11 Å². The minimum atomic E-state index is -0.726. The highest BCUT2D eigenvalue weighted by Gasteiger charge is 2.26. The maximum absolute atomic E-state index is 12.0. The molecule has 0 fully saturated rings. The highest BCUT2D eigenvalue weighted by molar-refractivity contribution is 5.85. The molecule has 8 nitrogen and oxygen atoms in total. The molecular weight excluding hydrogens is 352 g/mol.